The molecule has 220 valence electrons. The van der Waals surface area contributed by atoms with Gasteiger partial charge in [-0.2, -0.15) is 0 Å². The standard InChI is InChI=1S/C42H32N4/c1-42(2)35-23-9-11-25-37(35)46(38-26-12-10-24-36(38)42)34-22-14-20-32(28-34)31-19-13-21-33(27-31)41-44-39(29-15-5-3-6-16-29)43-40(45-41)30-17-7-4-8-18-30/h3-28H,1-2H3. The van der Waals surface area contributed by atoms with E-state index in [2.05, 4.69) is 116 Å². The van der Waals surface area contributed by atoms with E-state index in [1.54, 1.807) is 0 Å². The first kappa shape index (κ1) is 27.7. The third kappa shape index (κ3) is 4.85. The van der Waals surface area contributed by atoms with Gasteiger partial charge in [-0.1, -0.05) is 141 Å². The Labute approximate surface area is 269 Å². The van der Waals surface area contributed by atoms with Gasteiger partial charge in [-0.3, -0.25) is 0 Å². The fraction of sp³-hybridized carbons (Fsp3) is 0.0714. The Morgan fingerprint density at radius 2 is 0.804 bits per heavy atom. The monoisotopic (exact) mass is 592 g/mol. The van der Waals surface area contributed by atoms with Crippen molar-refractivity contribution >= 4 is 17.1 Å². The maximum Gasteiger partial charge on any atom is 0.164 e. The molecule has 1 aromatic heterocycles. The lowest BCUT2D eigenvalue weighted by atomic mass is 9.73. The van der Waals surface area contributed by atoms with Crippen molar-refractivity contribution in [1.29, 1.82) is 0 Å². The van der Waals surface area contributed by atoms with Crippen molar-refractivity contribution in [3.63, 3.8) is 0 Å². The first-order valence-corrected chi connectivity index (χ1v) is 15.6. The zero-order valence-corrected chi connectivity index (χ0v) is 25.8. The topological polar surface area (TPSA) is 41.9 Å². The maximum atomic E-state index is 4.96. The number of hydrogen-bond acceptors (Lipinski definition) is 4. The Morgan fingerprint density at radius 1 is 0.391 bits per heavy atom. The van der Waals surface area contributed by atoms with Crippen LogP contribution < -0.4 is 4.90 Å². The molecule has 0 aliphatic carbocycles. The molecule has 0 saturated carbocycles. The molecule has 0 unspecified atom stereocenters. The van der Waals surface area contributed by atoms with Crippen LogP contribution in [-0.4, -0.2) is 15.0 Å². The highest BCUT2D eigenvalue weighted by Crippen LogP contribution is 2.51. The van der Waals surface area contributed by atoms with Crippen LogP contribution in [0.3, 0.4) is 0 Å². The molecule has 2 heterocycles. The van der Waals surface area contributed by atoms with Gasteiger partial charge in [0.1, 0.15) is 0 Å². The van der Waals surface area contributed by atoms with E-state index in [1.807, 2.05) is 60.7 Å². The van der Waals surface area contributed by atoms with Gasteiger partial charge in [0.05, 0.1) is 11.4 Å². The number of hydrogen-bond donors (Lipinski definition) is 0. The van der Waals surface area contributed by atoms with Crippen LogP contribution in [0.4, 0.5) is 17.1 Å². The zero-order chi connectivity index (χ0) is 31.1. The van der Waals surface area contributed by atoms with Crippen molar-refractivity contribution in [2.45, 2.75) is 19.3 Å². The van der Waals surface area contributed by atoms with Gasteiger partial charge in [0, 0.05) is 27.8 Å². The second-order valence-corrected chi connectivity index (χ2v) is 12.2. The fourth-order valence-electron chi connectivity index (χ4n) is 6.55. The van der Waals surface area contributed by atoms with Gasteiger partial charge in [0.15, 0.2) is 17.5 Å². The quantitative estimate of drug-likeness (QED) is 0.199. The number of aromatic nitrogens is 3. The number of benzene rings is 6. The molecule has 8 rings (SSSR count). The van der Waals surface area contributed by atoms with E-state index in [0.29, 0.717) is 17.5 Å². The van der Waals surface area contributed by atoms with Gasteiger partial charge in [0.25, 0.3) is 0 Å². The highest BCUT2D eigenvalue weighted by atomic mass is 15.2. The third-order valence-electron chi connectivity index (χ3n) is 8.89. The molecule has 7 aromatic rings. The highest BCUT2D eigenvalue weighted by Gasteiger charge is 2.36. The SMILES string of the molecule is CC1(C)c2ccccc2N(c2cccc(-c3cccc(-c4nc(-c5ccccc5)nc(-c5ccccc5)n4)c3)c2)c2ccccc21. The molecule has 1 aliphatic heterocycles. The van der Waals surface area contributed by atoms with Crippen molar-refractivity contribution in [3.05, 3.63) is 169 Å². The number of fused-ring (bicyclic) bond motifs is 2. The van der Waals surface area contributed by atoms with Crippen molar-refractivity contribution < 1.29 is 0 Å². The van der Waals surface area contributed by atoms with Crippen LogP contribution in [0.25, 0.3) is 45.3 Å². The molecule has 0 spiro atoms. The minimum atomic E-state index is -0.0998. The summed E-state index contributed by atoms with van der Waals surface area (Å²) in [6.45, 7) is 4.63. The largest absolute Gasteiger partial charge is 0.310 e. The van der Waals surface area contributed by atoms with E-state index >= 15 is 0 Å². The molecule has 0 fully saturated rings. The molecule has 46 heavy (non-hydrogen) atoms. The minimum absolute atomic E-state index is 0.0998. The molecule has 0 atom stereocenters. The second-order valence-electron chi connectivity index (χ2n) is 12.2. The summed E-state index contributed by atoms with van der Waals surface area (Å²) in [6.07, 6.45) is 0. The summed E-state index contributed by atoms with van der Waals surface area (Å²) < 4.78 is 0. The van der Waals surface area contributed by atoms with Crippen LogP contribution in [0.2, 0.25) is 0 Å². The smallest absolute Gasteiger partial charge is 0.164 e. The predicted octanol–water partition coefficient (Wildman–Crippen LogP) is 10.6. The summed E-state index contributed by atoms with van der Waals surface area (Å²) in [4.78, 5) is 17.2. The predicted molar refractivity (Wildman–Crippen MR) is 188 cm³/mol. The van der Waals surface area contributed by atoms with Crippen molar-refractivity contribution in [2.24, 2.45) is 0 Å². The summed E-state index contributed by atoms with van der Waals surface area (Å²) in [5.74, 6) is 1.95. The van der Waals surface area contributed by atoms with Gasteiger partial charge in [-0.05, 0) is 52.6 Å². The molecular weight excluding hydrogens is 560 g/mol. The van der Waals surface area contributed by atoms with Gasteiger partial charge in [-0.25, -0.2) is 15.0 Å². The average molecular weight is 593 g/mol. The molecule has 0 amide bonds. The third-order valence-corrected chi connectivity index (χ3v) is 8.89. The number of nitrogens with zero attached hydrogens (tertiary/aromatic N) is 4. The van der Waals surface area contributed by atoms with Gasteiger partial charge < -0.3 is 4.90 Å². The number of anilines is 3. The molecule has 4 nitrogen and oxygen atoms in total. The van der Waals surface area contributed by atoms with Crippen molar-refractivity contribution in [1.82, 2.24) is 15.0 Å². The summed E-state index contributed by atoms with van der Waals surface area (Å²) >= 11 is 0. The number of para-hydroxylation sites is 2. The van der Waals surface area contributed by atoms with Crippen molar-refractivity contribution in [3.8, 4) is 45.3 Å². The van der Waals surface area contributed by atoms with Crippen LogP contribution in [0, 0.1) is 0 Å². The fourth-order valence-corrected chi connectivity index (χ4v) is 6.55. The Bertz CT molecular complexity index is 2080. The molecule has 0 saturated heterocycles. The lowest BCUT2D eigenvalue weighted by Gasteiger charge is -2.42. The minimum Gasteiger partial charge on any atom is -0.310 e. The first-order chi connectivity index (χ1) is 22.6. The highest BCUT2D eigenvalue weighted by molar-refractivity contribution is 5.87. The van der Waals surface area contributed by atoms with E-state index in [4.69, 9.17) is 15.0 Å². The average Bonchev–Trinajstić information content (AvgIpc) is 3.13. The van der Waals surface area contributed by atoms with E-state index in [1.165, 1.54) is 22.5 Å². The van der Waals surface area contributed by atoms with E-state index < -0.39 is 0 Å². The summed E-state index contributed by atoms with van der Waals surface area (Å²) in [5, 5.41) is 0. The maximum absolute atomic E-state index is 4.96. The summed E-state index contributed by atoms with van der Waals surface area (Å²) in [7, 11) is 0. The van der Waals surface area contributed by atoms with E-state index in [-0.39, 0.29) is 5.41 Å². The molecule has 1 aliphatic rings. The molecule has 4 heteroatoms. The Morgan fingerprint density at radius 3 is 1.37 bits per heavy atom. The van der Waals surface area contributed by atoms with Gasteiger partial charge >= 0.3 is 0 Å². The first-order valence-electron chi connectivity index (χ1n) is 15.6. The number of rotatable bonds is 5. The summed E-state index contributed by atoms with van der Waals surface area (Å²) in [5.41, 5.74) is 11.2. The van der Waals surface area contributed by atoms with Crippen LogP contribution in [0.15, 0.2) is 158 Å². The lowest BCUT2D eigenvalue weighted by Crippen LogP contribution is -2.30. The normalized spacial score (nSPS) is 13.1. The van der Waals surface area contributed by atoms with Crippen LogP contribution in [0.1, 0.15) is 25.0 Å². The lowest BCUT2D eigenvalue weighted by molar-refractivity contribution is 0.632. The van der Waals surface area contributed by atoms with Crippen LogP contribution in [0.5, 0.6) is 0 Å². The molecule has 0 N–H and O–H groups in total. The van der Waals surface area contributed by atoms with Crippen LogP contribution in [-0.2, 0) is 5.41 Å². The zero-order valence-electron chi connectivity index (χ0n) is 25.8. The molecule has 0 bridgehead atoms. The second kappa shape index (κ2) is 11.2. The molecular formula is C42H32N4. The summed E-state index contributed by atoms with van der Waals surface area (Å²) in [6, 6.07) is 55.0. The van der Waals surface area contributed by atoms with E-state index in [0.717, 1.165) is 33.5 Å². The van der Waals surface area contributed by atoms with Gasteiger partial charge in [0.2, 0.25) is 0 Å². The van der Waals surface area contributed by atoms with E-state index in [9.17, 15) is 0 Å². The Kier molecular flexibility index (Phi) is 6.76. The Hall–Kier alpha value is -5.87. The van der Waals surface area contributed by atoms with Gasteiger partial charge in [-0.15, -0.1) is 0 Å². The molecule has 6 aromatic carbocycles. The van der Waals surface area contributed by atoms with Crippen LogP contribution >= 0.6 is 0 Å². The Balaban J connectivity index is 1.23. The molecule has 0 radical (unpaired) electrons. The van der Waals surface area contributed by atoms with Crippen molar-refractivity contribution in [2.75, 3.05) is 4.90 Å².